The Morgan fingerprint density at radius 2 is 1.39 bits per heavy atom. The molecule has 0 aliphatic carbocycles. The summed E-state index contributed by atoms with van der Waals surface area (Å²) < 4.78 is 5.13. The first-order valence-electron chi connectivity index (χ1n) is 9.16. The van der Waals surface area contributed by atoms with Gasteiger partial charge in [0.25, 0.3) is 0 Å². The summed E-state index contributed by atoms with van der Waals surface area (Å²) in [6.07, 6.45) is 14.6. The molecule has 1 N–H and O–H groups in total. The highest BCUT2D eigenvalue weighted by atomic mass is 16.5. The van der Waals surface area contributed by atoms with E-state index in [0.29, 0.717) is 5.75 Å². The first-order valence-corrected chi connectivity index (χ1v) is 9.16. The van der Waals surface area contributed by atoms with Crippen LogP contribution in [0.1, 0.15) is 76.7 Å². The fraction of sp³-hybridized carbons (Fsp3) is 0.650. The average molecular weight is 320 g/mol. The minimum atomic E-state index is -0.945. The summed E-state index contributed by atoms with van der Waals surface area (Å²) in [4.78, 5) is 10.4. The molecule has 1 aromatic rings. The number of hydrogen-bond donors (Lipinski definition) is 1. The maximum atomic E-state index is 10.4. The van der Waals surface area contributed by atoms with Crippen LogP contribution in [0.15, 0.2) is 24.3 Å². The van der Waals surface area contributed by atoms with Gasteiger partial charge in [-0.1, -0.05) is 76.8 Å². The zero-order chi connectivity index (χ0) is 16.8. The number of benzene rings is 1. The summed E-state index contributed by atoms with van der Waals surface area (Å²) in [6, 6.07) is 7.78. The van der Waals surface area contributed by atoms with Crippen LogP contribution in [0.3, 0.4) is 0 Å². The van der Waals surface area contributed by atoms with Crippen molar-refractivity contribution in [1.29, 1.82) is 0 Å². The molecule has 1 aromatic carbocycles. The lowest BCUT2D eigenvalue weighted by atomic mass is 10.0. The van der Waals surface area contributed by atoms with Crippen molar-refractivity contribution in [3.8, 4) is 5.75 Å². The molecule has 0 amide bonds. The number of carboxylic acids is 1. The van der Waals surface area contributed by atoms with Gasteiger partial charge in [-0.2, -0.15) is 0 Å². The Bertz CT molecular complexity index is 411. The summed E-state index contributed by atoms with van der Waals surface area (Å²) in [6.45, 7) is 1.98. The van der Waals surface area contributed by atoms with Gasteiger partial charge in [-0.3, -0.25) is 0 Å². The molecule has 0 saturated carbocycles. The smallest absolute Gasteiger partial charge is 0.341 e. The number of carboxylic acid groups (broad SMARTS) is 1. The molecule has 130 valence electrons. The van der Waals surface area contributed by atoms with E-state index < -0.39 is 5.97 Å². The molecule has 0 atom stereocenters. The molecule has 0 unspecified atom stereocenters. The quantitative estimate of drug-likeness (QED) is 0.453. The average Bonchev–Trinajstić information content (AvgIpc) is 2.55. The molecule has 0 aromatic heterocycles. The lowest BCUT2D eigenvalue weighted by molar-refractivity contribution is -0.139. The van der Waals surface area contributed by atoms with Crippen LogP contribution in [0.5, 0.6) is 5.75 Å². The van der Waals surface area contributed by atoms with Crippen molar-refractivity contribution in [2.45, 2.75) is 77.6 Å². The van der Waals surface area contributed by atoms with Gasteiger partial charge in [-0.25, -0.2) is 4.79 Å². The molecule has 23 heavy (non-hydrogen) atoms. The first-order chi connectivity index (χ1) is 11.2. The highest BCUT2D eigenvalue weighted by molar-refractivity contribution is 5.68. The molecule has 0 fully saturated rings. The van der Waals surface area contributed by atoms with Crippen LogP contribution >= 0.6 is 0 Å². The molecule has 0 saturated heterocycles. The van der Waals surface area contributed by atoms with E-state index in [1.807, 2.05) is 24.3 Å². The van der Waals surface area contributed by atoms with Gasteiger partial charge in [0.15, 0.2) is 6.61 Å². The van der Waals surface area contributed by atoms with Gasteiger partial charge in [0.05, 0.1) is 0 Å². The maximum Gasteiger partial charge on any atom is 0.341 e. The molecule has 3 heteroatoms. The van der Waals surface area contributed by atoms with E-state index in [9.17, 15) is 4.79 Å². The Labute approximate surface area is 141 Å². The number of carbonyl (C=O) groups is 1. The van der Waals surface area contributed by atoms with E-state index in [0.717, 1.165) is 6.42 Å². The van der Waals surface area contributed by atoms with Crippen LogP contribution in [-0.2, 0) is 11.2 Å². The minimum absolute atomic E-state index is 0.280. The van der Waals surface area contributed by atoms with Crippen LogP contribution in [0.4, 0.5) is 0 Å². The van der Waals surface area contributed by atoms with Gasteiger partial charge in [0.2, 0.25) is 0 Å². The van der Waals surface area contributed by atoms with Crippen LogP contribution < -0.4 is 4.74 Å². The van der Waals surface area contributed by atoms with Gasteiger partial charge < -0.3 is 9.84 Å². The first kappa shape index (κ1) is 19.5. The number of aryl methyl sites for hydroxylation is 1. The van der Waals surface area contributed by atoms with E-state index in [-0.39, 0.29) is 6.61 Å². The van der Waals surface area contributed by atoms with Crippen LogP contribution in [-0.4, -0.2) is 17.7 Å². The Morgan fingerprint density at radius 3 is 1.91 bits per heavy atom. The summed E-state index contributed by atoms with van der Waals surface area (Å²) in [7, 11) is 0. The number of hydrogen-bond acceptors (Lipinski definition) is 2. The second kappa shape index (κ2) is 13.0. The SMILES string of the molecule is CCCCCCCCCCCCc1ccc(OCC(=O)O)cc1. The molecule has 0 bridgehead atoms. The Kier molecular flexibility index (Phi) is 11.0. The number of unbranched alkanes of at least 4 members (excludes halogenated alkanes) is 9. The maximum absolute atomic E-state index is 10.4. The fourth-order valence-electron chi connectivity index (χ4n) is 2.71. The third kappa shape index (κ3) is 10.8. The summed E-state index contributed by atoms with van der Waals surface area (Å²) in [5.41, 5.74) is 1.30. The highest BCUT2D eigenvalue weighted by Crippen LogP contribution is 2.15. The second-order valence-electron chi connectivity index (χ2n) is 6.26. The van der Waals surface area contributed by atoms with E-state index in [1.165, 1.54) is 69.8 Å². The third-order valence-corrected chi connectivity index (χ3v) is 4.10. The van der Waals surface area contributed by atoms with Crippen molar-refractivity contribution in [2.24, 2.45) is 0 Å². The Hall–Kier alpha value is -1.51. The van der Waals surface area contributed by atoms with Crippen molar-refractivity contribution >= 4 is 5.97 Å². The molecule has 1 rings (SSSR count). The van der Waals surface area contributed by atoms with E-state index >= 15 is 0 Å². The molecular weight excluding hydrogens is 288 g/mol. The molecule has 0 aliphatic heterocycles. The van der Waals surface area contributed by atoms with Gasteiger partial charge in [-0.15, -0.1) is 0 Å². The van der Waals surface area contributed by atoms with Crippen molar-refractivity contribution < 1.29 is 14.6 Å². The van der Waals surface area contributed by atoms with Gasteiger partial charge in [0, 0.05) is 0 Å². The molecule has 3 nitrogen and oxygen atoms in total. The second-order valence-corrected chi connectivity index (χ2v) is 6.26. The lowest BCUT2D eigenvalue weighted by Gasteiger charge is -2.05. The van der Waals surface area contributed by atoms with E-state index in [4.69, 9.17) is 9.84 Å². The lowest BCUT2D eigenvalue weighted by Crippen LogP contribution is -2.09. The van der Waals surface area contributed by atoms with Crippen LogP contribution in [0.25, 0.3) is 0 Å². The molecular formula is C20H32O3. The summed E-state index contributed by atoms with van der Waals surface area (Å²) >= 11 is 0. The largest absolute Gasteiger partial charge is 0.482 e. The fourth-order valence-corrected chi connectivity index (χ4v) is 2.71. The van der Waals surface area contributed by atoms with Crippen molar-refractivity contribution in [3.63, 3.8) is 0 Å². The zero-order valence-electron chi connectivity index (χ0n) is 14.6. The predicted molar refractivity (Wildman–Crippen MR) is 95.1 cm³/mol. The molecule has 0 aliphatic rings. The zero-order valence-corrected chi connectivity index (χ0v) is 14.6. The monoisotopic (exact) mass is 320 g/mol. The van der Waals surface area contributed by atoms with Crippen molar-refractivity contribution in [3.05, 3.63) is 29.8 Å². The van der Waals surface area contributed by atoms with Gasteiger partial charge in [0.1, 0.15) is 5.75 Å². The standard InChI is InChI=1S/C20H32O3/c1-2-3-4-5-6-7-8-9-10-11-12-18-13-15-19(16-14-18)23-17-20(21)22/h13-16H,2-12,17H2,1H3,(H,21,22). The van der Waals surface area contributed by atoms with E-state index in [1.54, 1.807) is 0 Å². The van der Waals surface area contributed by atoms with Gasteiger partial charge in [-0.05, 0) is 30.5 Å². The minimum Gasteiger partial charge on any atom is -0.482 e. The van der Waals surface area contributed by atoms with Crippen LogP contribution in [0.2, 0.25) is 0 Å². The Morgan fingerprint density at radius 1 is 0.870 bits per heavy atom. The molecule has 0 spiro atoms. The summed E-state index contributed by atoms with van der Waals surface area (Å²) in [5.74, 6) is -0.321. The number of rotatable bonds is 14. The molecule has 0 radical (unpaired) electrons. The van der Waals surface area contributed by atoms with Gasteiger partial charge >= 0.3 is 5.97 Å². The van der Waals surface area contributed by atoms with E-state index in [2.05, 4.69) is 6.92 Å². The number of ether oxygens (including phenoxy) is 1. The topological polar surface area (TPSA) is 46.5 Å². The molecule has 0 heterocycles. The van der Waals surface area contributed by atoms with Crippen molar-refractivity contribution in [1.82, 2.24) is 0 Å². The van der Waals surface area contributed by atoms with Crippen molar-refractivity contribution in [2.75, 3.05) is 6.61 Å². The third-order valence-electron chi connectivity index (χ3n) is 4.10. The predicted octanol–water partition coefficient (Wildman–Crippen LogP) is 5.61. The van der Waals surface area contributed by atoms with Crippen LogP contribution in [0, 0.1) is 0 Å². The number of aliphatic carboxylic acids is 1. The Balaban J connectivity index is 2.00. The summed E-state index contributed by atoms with van der Waals surface area (Å²) in [5, 5.41) is 8.56. The highest BCUT2D eigenvalue weighted by Gasteiger charge is 2.00. The normalized spacial score (nSPS) is 10.7.